The van der Waals surface area contributed by atoms with Gasteiger partial charge in [0.2, 0.25) is 5.91 Å². The molecule has 1 atom stereocenters. The van der Waals surface area contributed by atoms with Gasteiger partial charge in [0.1, 0.15) is 5.75 Å². The van der Waals surface area contributed by atoms with Crippen molar-refractivity contribution in [3.8, 4) is 5.75 Å². The van der Waals surface area contributed by atoms with E-state index in [1.807, 2.05) is 49.4 Å². The minimum Gasteiger partial charge on any atom is -0.497 e. The Morgan fingerprint density at radius 2 is 1.83 bits per heavy atom. The first kappa shape index (κ1) is 17.4. The first-order valence-corrected chi connectivity index (χ1v) is 8.69. The molecule has 1 amide bonds. The van der Waals surface area contributed by atoms with Gasteiger partial charge in [-0.3, -0.25) is 4.79 Å². The molecule has 0 aliphatic carbocycles. The van der Waals surface area contributed by atoms with Crippen LogP contribution in [-0.2, 0) is 11.2 Å². The minimum atomic E-state index is -0.111. The van der Waals surface area contributed by atoms with Gasteiger partial charge in [-0.25, -0.2) is 0 Å². The lowest BCUT2D eigenvalue weighted by Crippen LogP contribution is -2.31. The van der Waals surface area contributed by atoms with Crippen LogP contribution in [0.4, 0.5) is 0 Å². The SMILES string of the molecule is COc1ccc(S[C@H](C)C(=O)NCCCc2ccccc2)cc1. The summed E-state index contributed by atoms with van der Waals surface area (Å²) in [6.45, 7) is 2.64. The van der Waals surface area contributed by atoms with Crippen molar-refractivity contribution in [3.63, 3.8) is 0 Å². The molecule has 2 rings (SSSR count). The number of thioether (sulfide) groups is 1. The van der Waals surface area contributed by atoms with Gasteiger partial charge < -0.3 is 10.1 Å². The van der Waals surface area contributed by atoms with Gasteiger partial charge in [0.05, 0.1) is 12.4 Å². The lowest BCUT2D eigenvalue weighted by molar-refractivity contribution is -0.120. The van der Waals surface area contributed by atoms with Crippen molar-refractivity contribution in [1.82, 2.24) is 5.32 Å². The Balaban J connectivity index is 1.69. The fourth-order valence-corrected chi connectivity index (χ4v) is 3.10. The maximum absolute atomic E-state index is 12.1. The Kier molecular flexibility index (Phi) is 7.01. The molecule has 23 heavy (non-hydrogen) atoms. The van der Waals surface area contributed by atoms with Gasteiger partial charge >= 0.3 is 0 Å². The van der Waals surface area contributed by atoms with Crippen LogP contribution in [-0.4, -0.2) is 24.8 Å². The van der Waals surface area contributed by atoms with E-state index in [0.717, 1.165) is 23.5 Å². The maximum Gasteiger partial charge on any atom is 0.233 e. The summed E-state index contributed by atoms with van der Waals surface area (Å²) in [5.41, 5.74) is 1.31. The van der Waals surface area contributed by atoms with E-state index in [1.165, 1.54) is 5.56 Å². The fourth-order valence-electron chi connectivity index (χ4n) is 2.20. The lowest BCUT2D eigenvalue weighted by Gasteiger charge is -2.12. The van der Waals surface area contributed by atoms with Gasteiger partial charge in [-0.2, -0.15) is 0 Å². The van der Waals surface area contributed by atoms with E-state index in [2.05, 4.69) is 17.4 Å². The summed E-state index contributed by atoms with van der Waals surface area (Å²) in [6.07, 6.45) is 1.94. The highest BCUT2D eigenvalue weighted by Crippen LogP contribution is 2.25. The van der Waals surface area contributed by atoms with Crippen molar-refractivity contribution >= 4 is 17.7 Å². The molecular formula is C19H23NO2S. The molecule has 2 aromatic rings. The number of carbonyl (C=O) groups is 1. The topological polar surface area (TPSA) is 38.3 Å². The number of methoxy groups -OCH3 is 1. The molecule has 0 saturated carbocycles. The molecule has 0 heterocycles. The highest BCUT2D eigenvalue weighted by Gasteiger charge is 2.13. The molecule has 3 nitrogen and oxygen atoms in total. The van der Waals surface area contributed by atoms with Crippen LogP contribution in [0.5, 0.6) is 5.75 Å². The van der Waals surface area contributed by atoms with Crippen LogP contribution in [0.1, 0.15) is 18.9 Å². The Labute approximate surface area is 142 Å². The number of rotatable bonds is 8. The molecule has 0 spiro atoms. The van der Waals surface area contributed by atoms with Crippen molar-refractivity contribution in [2.75, 3.05) is 13.7 Å². The van der Waals surface area contributed by atoms with Crippen molar-refractivity contribution in [2.45, 2.75) is 29.9 Å². The van der Waals surface area contributed by atoms with Crippen molar-refractivity contribution in [3.05, 3.63) is 60.2 Å². The average molecular weight is 329 g/mol. The fraction of sp³-hybridized carbons (Fsp3) is 0.316. The smallest absolute Gasteiger partial charge is 0.233 e. The van der Waals surface area contributed by atoms with Gasteiger partial charge in [-0.1, -0.05) is 30.3 Å². The standard InChI is InChI=1S/C19H23NO2S/c1-15(23-18-12-10-17(22-2)11-13-18)19(21)20-14-6-9-16-7-4-3-5-8-16/h3-5,7-8,10-13,15H,6,9,14H2,1-2H3,(H,20,21)/t15-/m1/s1. The molecule has 122 valence electrons. The Hall–Kier alpha value is -1.94. The Morgan fingerprint density at radius 1 is 1.13 bits per heavy atom. The maximum atomic E-state index is 12.1. The molecule has 0 radical (unpaired) electrons. The molecular weight excluding hydrogens is 306 g/mol. The van der Waals surface area contributed by atoms with Crippen LogP contribution in [0.2, 0.25) is 0 Å². The largest absolute Gasteiger partial charge is 0.497 e. The first-order chi connectivity index (χ1) is 11.2. The number of carbonyl (C=O) groups excluding carboxylic acids is 1. The van der Waals surface area contributed by atoms with Gasteiger partial charge in [0, 0.05) is 11.4 Å². The second-order valence-corrected chi connectivity index (χ2v) is 6.73. The molecule has 0 aliphatic rings. The summed E-state index contributed by atoms with van der Waals surface area (Å²) in [5.74, 6) is 0.909. The van der Waals surface area contributed by atoms with Crippen LogP contribution >= 0.6 is 11.8 Å². The van der Waals surface area contributed by atoms with Gasteiger partial charge in [-0.15, -0.1) is 11.8 Å². The van der Waals surface area contributed by atoms with Crippen molar-refractivity contribution in [2.24, 2.45) is 0 Å². The predicted octanol–water partition coefficient (Wildman–Crippen LogP) is 3.92. The van der Waals surface area contributed by atoms with E-state index in [9.17, 15) is 4.79 Å². The van der Waals surface area contributed by atoms with E-state index in [1.54, 1.807) is 18.9 Å². The Morgan fingerprint density at radius 3 is 2.48 bits per heavy atom. The average Bonchev–Trinajstić information content (AvgIpc) is 2.60. The number of aryl methyl sites for hydroxylation is 1. The van der Waals surface area contributed by atoms with Crippen LogP contribution in [0.25, 0.3) is 0 Å². The Bertz CT molecular complexity index is 599. The number of ether oxygens (including phenoxy) is 1. The summed E-state index contributed by atoms with van der Waals surface area (Å²) in [5, 5.41) is 2.90. The van der Waals surface area contributed by atoms with E-state index in [4.69, 9.17) is 4.74 Å². The normalized spacial score (nSPS) is 11.7. The minimum absolute atomic E-state index is 0.0823. The summed E-state index contributed by atoms with van der Waals surface area (Å²) in [6, 6.07) is 18.1. The third-order valence-electron chi connectivity index (χ3n) is 3.53. The van der Waals surface area contributed by atoms with E-state index >= 15 is 0 Å². The molecule has 0 aromatic heterocycles. The monoisotopic (exact) mass is 329 g/mol. The zero-order valence-electron chi connectivity index (χ0n) is 13.6. The third-order valence-corrected chi connectivity index (χ3v) is 4.64. The number of hydrogen-bond acceptors (Lipinski definition) is 3. The zero-order chi connectivity index (χ0) is 16.5. The second-order valence-electron chi connectivity index (χ2n) is 5.32. The molecule has 0 unspecified atom stereocenters. The first-order valence-electron chi connectivity index (χ1n) is 7.81. The molecule has 0 fully saturated rings. The predicted molar refractivity (Wildman–Crippen MR) is 96.1 cm³/mol. The molecule has 1 N–H and O–H groups in total. The van der Waals surface area contributed by atoms with Gasteiger partial charge in [-0.05, 0) is 49.6 Å². The van der Waals surface area contributed by atoms with E-state index in [0.29, 0.717) is 6.54 Å². The van der Waals surface area contributed by atoms with Crippen LogP contribution < -0.4 is 10.1 Å². The number of nitrogens with one attached hydrogen (secondary N) is 1. The third kappa shape index (κ3) is 5.99. The molecule has 2 aromatic carbocycles. The lowest BCUT2D eigenvalue weighted by atomic mass is 10.1. The van der Waals surface area contributed by atoms with E-state index in [-0.39, 0.29) is 11.2 Å². The summed E-state index contributed by atoms with van der Waals surface area (Å²) < 4.78 is 5.13. The highest BCUT2D eigenvalue weighted by atomic mass is 32.2. The highest BCUT2D eigenvalue weighted by molar-refractivity contribution is 8.00. The molecule has 0 saturated heterocycles. The quantitative estimate of drug-likeness (QED) is 0.589. The number of hydrogen-bond donors (Lipinski definition) is 1. The van der Waals surface area contributed by atoms with Gasteiger partial charge in [0.15, 0.2) is 0 Å². The van der Waals surface area contributed by atoms with Crippen LogP contribution in [0, 0.1) is 0 Å². The summed E-state index contributed by atoms with van der Waals surface area (Å²) in [4.78, 5) is 13.2. The summed E-state index contributed by atoms with van der Waals surface area (Å²) in [7, 11) is 1.65. The van der Waals surface area contributed by atoms with Crippen LogP contribution in [0.3, 0.4) is 0 Å². The molecule has 0 aliphatic heterocycles. The van der Waals surface area contributed by atoms with Crippen molar-refractivity contribution in [1.29, 1.82) is 0 Å². The summed E-state index contributed by atoms with van der Waals surface area (Å²) >= 11 is 1.56. The van der Waals surface area contributed by atoms with Crippen molar-refractivity contribution < 1.29 is 9.53 Å². The number of benzene rings is 2. The number of amides is 1. The zero-order valence-corrected chi connectivity index (χ0v) is 14.4. The molecule has 0 bridgehead atoms. The molecule has 4 heteroatoms. The van der Waals surface area contributed by atoms with Crippen LogP contribution in [0.15, 0.2) is 59.5 Å². The van der Waals surface area contributed by atoms with E-state index < -0.39 is 0 Å². The second kappa shape index (κ2) is 9.26. The van der Waals surface area contributed by atoms with Gasteiger partial charge in [0.25, 0.3) is 0 Å².